The SMILES string of the molecule is C=C1C[C@@H]2[C@@H]3CCC4=CC(=O)CC[C@]4(C)[C@@H]3CC[C@]2(C)[C@]1(OC(C)=O)C(C)=O. The predicted molar refractivity (Wildman–Crippen MR) is 106 cm³/mol. The van der Waals surface area contributed by atoms with Crippen LogP contribution in [0.25, 0.3) is 0 Å². The van der Waals surface area contributed by atoms with Gasteiger partial charge in [0.15, 0.2) is 17.2 Å². The zero-order chi connectivity index (χ0) is 20.5. The van der Waals surface area contributed by atoms with Crippen molar-refractivity contribution in [3.05, 3.63) is 23.8 Å². The first kappa shape index (κ1) is 19.6. The summed E-state index contributed by atoms with van der Waals surface area (Å²) < 4.78 is 5.83. The minimum Gasteiger partial charge on any atom is -0.446 e. The Kier molecular flexibility index (Phi) is 4.30. The van der Waals surface area contributed by atoms with Gasteiger partial charge in [0.05, 0.1) is 0 Å². The molecule has 4 rings (SSSR count). The van der Waals surface area contributed by atoms with E-state index in [0.29, 0.717) is 18.3 Å². The zero-order valence-corrected chi connectivity index (χ0v) is 17.6. The van der Waals surface area contributed by atoms with Crippen molar-refractivity contribution in [2.45, 2.75) is 78.2 Å². The highest BCUT2D eigenvalue weighted by Crippen LogP contribution is 2.69. The first-order valence-electron chi connectivity index (χ1n) is 10.7. The number of allylic oxidation sites excluding steroid dienone is 1. The molecule has 0 radical (unpaired) electrons. The molecule has 0 spiro atoms. The van der Waals surface area contributed by atoms with Gasteiger partial charge >= 0.3 is 5.97 Å². The number of Topliss-reactive ketones (excluding diaryl/α,β-unsaturated/α-hetero) is 1. The number of hydrogen-bond donors (Lipinski definition) is 0. The fourth-order valence-corrected chi connectivity index (χ4v) is 7.63. The van der Waals surface area contributed by atoms with Gasteiger partial charge in [-0.2, -0.15) is 0 Å². The molecule has 0 unspecified atom stereocenters. The van der Waals surface area contributed by atoms with Gasteiger partial charge in [-0.25, -0.2) is 0 Å². The van der Waals surface area contributed by atoms with Crippen molar-refractivity contribution in [1.82, 2.24) is 0 Å². The molecule has 0 aromatic carbocycles. The Morgan fingerprint density at radius 1 is 1.11 bits per heavy atom. The molecular weight excluding hydrogens is 352 g/mol. The van der Waals surface area contributed by atoms with Gasteiger partial charge in [0.2, 0.25) is 0 Å². The Bertz CT molecular complexity index is 807. The van der Waals surface area contributed by atoms with Crippen LogP contribution in [-0.2, 0) is 19.1 Å². The van der Waals surface area contributed by atoms with Gasteiger partial charge in [-0.05, 0) is 80.3 Å². The van der Waals surface area contributed by atoms with Crippen LogP contribution < -0.4 is 0 Å². The van der Waals surface area contributed by atoms with E-state index in [4.69, 9.17) is 4.74 Å². The summed E-state index contributed by atoms with van der Waals surface area (Å²) in [6, 6.07) is 0. The van der Waals surface area contributed by atoms with Gasteiger partial charge in [-0.15, -0.1) is 0 Å². The number of carbonyl (C=O) groups excluding carboxylic acids is 3. The Hall–Kier alpha value is -1.71. The third kappa shape index (κ3) is 2.32. The van der Waals surface area contributed by atoms with Gasteiger partial charge in [0.25, 0.3) is 0 Å². The molecule has 0 N–H and O–H groups in total. The monoisotopic (exact) mass is 384 g/mol. The minimum atomic E-state index is -1.19. The fraction of sp³-hybridized carbons (Fsp3) is 0.708. The molecule has 3 saturated carbocycles. The van der Waals surface area contributed by atoms with E-state index in [1.54, 1.807) is 6.92 Å². The minimum absolute atomic E-state index is 0.0857. The second-order valence-corrected chi connectivity index (χ2v) is 10.1. The molecule has 0 amide bonds. The lowest BCUT2D eigenvalue weighted by atomic mass is 9.46. The average molecular weight is 385 g/mol. The van der Waals surface area contributed by atoms with Crippen molar-refractivity contribution >= 4 is 17.5 Å². The summed E-state index contributed by atoms with van der Waals surface area (Å²) in [5.74, 6) is 1.05. The van der Waals surface area contributed by atoms with Crippen molar-refractivity contribution in [2.24, 2.45) is 28.6 Å². The highest BCUT2D eigenvalue weighted by atomic mass is 16.6. The van der Waals surface area contributed by atoms with E-state index in [2.05, 4.69) is 20.4 Å². The number of hydrogen-bond acceptors (Lipinski definition) is 4. The third-order valence-corrected chi connectivity index (χ3v) is 8.91. The largest absolute Gasteiger partial charge is 0.446 e. The average Bonchev–Trinajstić information content (AvgIpc) is 2.83. The number of ether oxygens (including phenoxy) is 1. The van der Waals surface area contributed by atoms with E-state index >= 15 is 0 Å². The standard InChI is InChI=1S/C24H32O4/c1-14-12-21-19-7-6-17-13-18(27)8-10-22(17,4)20(19)9-11-23(21,5)24(14,15(2)25)28-16(3)26/h13,19-21H,1,6-12H2,2-5H3/t19-,20-,21-,22+,23+,24-/m1/s1. The number of ketones is 2. The molecule has 28 heavy (non-hydrogen) atoms. The van der Waals surface area contributed by atoms with Crippen molar-refractivity contribution in [1.29, 1.82) is 0 Å². The Morgan fingerprint density at radius 3 is 2.46 bits per heavy atom. The van der Waals surface area contributed by atoms with E-state index in [9.17, 15) is 14.4 Å². The highest BCUT2D eigenvalue weighted by Gasteiger charge is 2.69. The van der Waals surface area contributed by atoms with Crippen LogP contribution in [0.2, 0.25) is 0 Å². The third-order valence-electron chi connectivity index (χ3n) is 8.91. The molecular formula is C24H32O4. The van der Waals surface area contributed by atoms with Crippen molar-refractivity contribution < 1.29 is 19.1 Å². The molecule has 6 atom stereocenters. The topological polar surface area (TPSA) is 60.4 Å². The normalized spacial score (nSPS) is 44.9. The lowest BCUT2D eigenvalue weighted by molar-refractivity contribution is -0.181. The molecule has 4 heteroatoms. The number of fused-ring (bicyclic) bond motifs is 5. The second-order valence-electron chi connectivity index (χ2n) is 10.1. The summed E-state index contributed by atoms with van der Waals surface area (Å²) in [5.41, 5.74) is 0.609. The quantitative estimate of drug-likeness (QED) is 0.517. The van der Waals surface area contributed by atoms with Gasteiger partial charge < -0.3 is 4.74 Å². The molecule has 152 valence electrons. The lowest BCUT2D eigenvalue weighted by Crippen LogP contribution is -2.59. The Labute approximate surface area is 167 Å². The molecule has 4 aliphatic carbocycles. The van der Waals surface area contributed by atoms with Crippen LogP contribution in [0.1, 0.15) is 72.6 Å². The molecule has 0 aromatic rings. The number of rotatable bonds is 2. The van der Waals surface area contributed by atoms with Crippen LogP contribution in [0.15, 0.2) is 23.8 Å². The van der Waals surface area contributed by atoms with E-state index < -0.39 is 17.0 Å². The van der Waals surface area contributed by atoms with Crippen LogP contribution in [0.5, 0.6) is 0 Å². The Morgan fingerprint density at radius 2 is 1.82 bits per heavy atom. The maximum Gasteiger partial charge on any atom is 0.303 e. The second kappa shape index (κ2) is 6.14. The maximum absolute atomic E-state index is 12.9. The molecule has 0 heterocycles. The van der Waals surface area contributed by atoms with E-state index in [1.165, 1.54) is 12.5 Å². The molecule has 3 fully saturated rings. The van der Waals surface area contributed by atoms with Gasteiger partial charge in [-0.3, -0.25) is 14.4 Å². The first-order chi connectivity index (χ1) is 13.1. The van der Waals surface area contributed by atoms with Crippen LogP contribution in [0.3, 0.4) is 0 Å². The summed E-state index contributed by atoms with van der Waals surface area (Å²) >= 11 is 0. The van der Waals surface area contributed by atoms with Gasteiger partial charge in [0.1, 0.15) is 0 Å². The molecule has 0 saturated heterocycles. The van der Waals surface area contributed by atoms with Crippen molar-refractivity contribution in [2.75, 3.05) is 0 Å². The van der Waals surface area contributed by atoms with Crippen LogP contribution in [0.4, 0.5) is 0 Å². The molecule has 0 bridgehead atoms. The molecule has 4 nitrogen and oxygen atoms in total. The van der Waals surface area contributed by atoms with Crippen molar-refractivity contribution in [3.8, 4) is 0 Å². The zero-order valence-electron chi connectivity index (χ0n) is 17.6. The van der Waals surface area contributed by atoms with Crippen molar-refractivity contribution in [3.63, 3.8) is 0 Å². The van der Waals surface area contributed by atoms with Gasteiger partial charge in [-0.1, -0.05) is 26.0 Å². The predicted octanol–water partition coefficient (Wildman–Crippen LogP) is 4.58. The molecule has 0 aromatic heterocycles. The van der Waals surface area contributed by atoms with Crippen LogP contribution in [-0.4, -0.2) is 23.1 Å². The maximum atomic E-state index is 12.9. The summed E-state index contributed by atoms with van der Waals surface area (Å²) in [5, 5.41) is 0. The van der Waals surface area contributed by atoms with Crippen LogP contribution in [0, 0.1) is 28.6 Å². The first-order valence-corrected chi connectivity index (χ1v) is 10.7. The smallest absolute Gasteiger partial charge is 0.303 e. The fourth-order valence-electron chi connectivity index (χ4n) is 7.63. The summed E-state index contributed by atoms with van der Waals surface area (Å²) in [4.78, 5) is 36.8. The summed E-state index contributed by atoms with van der Waals surface area (Å²) in [6.07, 6.45) is 8.10. The van der Waals surface area contributed by atoms with E-state index in [-0.39, 0.29) is 22.9 Å². The lowest BCUT2D eigenvalue weighted by Gasteiger charge is -2.58. The number of carbonyl (C=O) groups is 3. The van der Waals surface area contributed by atoms with E-state index in [1.807, 2.05) is 6.08 Å². The molecule has 4 aliphatic rings. The summed E-state index contributed by atoms with van der Waals surface area (Å²) in [6.45, 7) is 11.7. The highest BCUT2D eigenvalue weighted by molar-refractivity contribution is 5.93. The van der Waals surface area contributed by atoms with Crippen LogP contribution >= 0.6 is 0 Å². The van der Waals surface area contributed by atoms with Gasteiger partial charge in [0, 0.05) is 18.8 Å². The summed E-state index contributed by atoms with van der Waals surface area (Å²) in [7, 11) is 0. The number of esters is 1. The Balaban J connectivity index is 1.75. The van der Waals surface area contributed by atoms with E-state index in [0.717, 1.165) is 44.1 Å². The molecule has 0 aliphatic heterocycles.